The van der Waals surface area contributed by atoms with Gasteiger partial charge in [-0.1, -0.05) is 18.1 Å². The van der Waals surface area contributed by atoms with Crippen molar-refractivity contribution in [2.45, 2.75) is 76.8 Å². The van der Waals surface area contributed by atoms with Crippen molar-refractivity contribution in [1.29, 1.82) is 0 Å². The zero-order valence-corrected chi connectivity index (χ0v) is 31.6. The molecule has 0 aliphatic carbocycles. The summed E-state index contributed by atoms with van der Waals surface area (Å²) >= 11 is 0. The summed E-state index contributed by atoms with van der Waals surface area (Å²) in [5, 5.41) is 5.16. The highest BCUT2D eigenvalue weighted by Crippen LogP contribution is 2.37. The molecule has 19 heteroatoms. The molecule has 0 saturated carbocycles. The minimum absolute atomic E-state index is 0.0703. The Labute approximate surface area is 318 Å². The van der Waals surface area contributed by atoms with E-state index in [1.54, 1.807) is 24.3 Å². The standard InChI is InChI=1S/C36H48N2O17/c1-8-13-48-14-15-49-16-17-51-36(35(45)47-7)19-28(52-23(3)40)32(38-31(44)21-50-22(2)39)34(55-36)33(54-25(5)42)29(53-24(4)41)20-37-30(43)18-26-9-11-27(46-6)12-10-26/h1,9-12,28-29,32-34H,13-21H2,2-7H3,(H,37,43)(H,38,44)/t28-,29+,32+,33+,34+,36+/m0/s1. The minimum atomic E-state index is -2.42. The van der Waals surface area contributed by atoms with Gasteiger partial charge in [0.2, 0.25) is 5.91 Å². The maximum atomic E-state index is 13.5. The molecule has 1 fully saturated rings. The molecule has 19 nitrogen and oxygen atoms in total. The van der Waals surface area contributed by atoms with Crippen molar-refractivity contribution in [3.63, 3.8) is 0 Å². The van der Waals surface area contributed by atoms with E-state index in [1.165, 1.54) is 7.11 Å². The second-order valence-corrected chi connectivity index (χ2v) is 11.8. The van der Waals surface area contributed by atoms with E-state index in [0.717, 1.165) is 34.8 Å². The monoisotopic (exact) mass is 780 g/mol. The predicted molar refractivity (Wildman–Crippen MR) is 186 cm³/mol. The lowest BCUT2D eigenvalue weighted by atomic mass is 9.87. The second-order valence-electron chi connectivity index (χ2n) is 11.8. The summed E-state index contributed by atoms with van der Waals surface area (Å²) in [7, 11) is 2.52. The number of esters is 5. The van der Waals surface area contributed by atoms with Gasteiger partial charge in [-0.2, -0.15) is 0 Å². The second kappa shape index (κ2) is 23.5. The Morgan fingerprint density at radius 3 is 2.11 bits per heavy atom. The summed E-state index contributed by atoms with van der Waals surface area (Å²) in [6, 6.07) is 5.16. The van der Waals surface area contributed by atoms with Crippen LogP contribution in [0.25, 0.3) is 0 Å². The number of carbonyl (C=O) groups excluding carboxylic acids is 7. The van der Waals surface area contributed by atoms with Crippen molar-refractivity contribution < 1.29 is 80.9 Å². The first-order valence-electron chi connectivity index (χ1n) is 17.0. The topological polar surface area (TPSA) is 236 Å². The van der Waals surface area contributed by atoms with Crippen LogP contribution in [0.4, 0.5) is 0 Å². The van der Waals surface area contributed by atoms with E-state index in [9.17, 15) is 33.6 Å². The molecule has 55 heavy (non-hydrogen) atoms. The van der Waals surface area contributed by atoms with Crippen LogP contribution in [0.3, 0.4) is 0 Å². The highest BCUT2D eigenvalue weighted by atomic mass is 16.7. The molecule has 304 valence electrons. The SMILES string of the molecule is C#CCOCCOCCO[C@]1(C(=O)OC)C[C@H](OC(C)=O)[C@@H](NC(=O)COC(C)=O)[C@H]([C@H](OC(C)=O)[C@@H](CNC(=O)Cc2ccc(OC)cc2)OC(C)=O)O1. The first kappa shape index (κ1) is 45.9. The van der Waals surface area contributed by atoms with Crippen LogP contribution in [0.15, 0.2) is 24.3 Å². The third-order valence-electron chi connectivity index (χ3n) is 7.55. The fourth-order valence-electron chi connectivity index (χ4n) is 5.36. The molecule has 2 N–H and O–H groups in total. The predicted octanol–water partition coefficient (Wildman–Crippen LogP) is -0.462. The Morgan fingerprint density at radius 2 is 1.53 bits per heavy atom. The first-order valence-corrected chi connectivity index (χ1v) is 17.0. The summed E-state index contributed by atoms with van der Waals surface area (Å²) in [5.41, 5.74) is 0.610. The van der Waals surface area contributed by atoms with Crippen LogP contribution >= 0.6 is 0 Å². The highest BCUT2D eigenvalue weighted by molar-refractivity contribution is 5.81. The average Bonchev–Trinajstić information content (AvgIpc) is 3.13. The molecule has 0 aromatic heterocycles. The third kappa shape index (κ3) is 15.9. The van der Waals surface area contributed by atoms with Gasteiger partial charge in [-0.25, -0.2) is 4.79 Å². The van der Waals surface area contributed by atoms with Crippen molar-refractivity contribution in [3.8, 4) is 18.1 Å². The third-order valence-corrected chi connectivity index (χ3v) is 7.55. The van der Waals surface area contributed by atoms with Crippen LogP contribution in [-0.4, -0.2) is 138 Å². The Balaban J connectivity index is 2.60. The van der Waals surface area contributed by atoms with Gasteiger partial charge >= 0.3 is 29.8 Å². The average molecular weight is 781 g/mol. The van der Waals surface area contributed by atoms with E-state index >= 15 is 0 Å². The zero-order valence-electron chi connectivity index (χ0n) is 31.6. The summed E-state index contributed by atoms with van der Waals surface area (Å²) in [4.78, 5) is 88.8. The number of carbonyl (C=O) groups is 7. The smallest absolute Gasteiger partial charge is 0.366 e. The quantitative estimate of drug-likeness (QED) is 0.0655. The number of terminal acetylenes is 1. The number of ether oxygens (including phenoxy) is 10. The Morgan fingerprint density at radius 1 is 0.873 bits per heavy atom. The molecular weight excluding hydrogens is 732 g/mol. The summed E-state index contributed by atoms with van der Waals surface area (Å²) in [5.74, 6) is -5.60. The number of rotatable bonds is 22. The fourth-order valence-corrected chi connectivity index (χ4v) is 5.36. The van der Waals surface area contributed by atoms with E-state index in [0.29, 0.717) is 11.3 Å². The molecule has 6 atom stereocenters. The maximum absolute atomic E-state index is 13.5. The van der Waals surface area contributed by atoms with E-state index in [1.807, 2.05) is 0 Å². The largest absolute Gasteiger partial charge is 0.497 e. The van der Waals surface area contributed by atoms with Crippen LogP contribution in [-0.2, 0) is 82.6 Å². The van der Waals surface area contributed by atoms with Crippen molar-refractivity contribution >= 4 is 41.7 Å². The summed E-state index contributed by atoms with van der Waals surface area (Å²) in [6.07, 6.45) is -2.11. The van der Waals surface area contributed by atoms with Gasteiger partial charge < -0.3 is 58.0 Å². The normalized spacial score (nSPS) is 20.0. The Hall–Kier alpha value is -5.29. The lowest BCUT2D eigenvalue weighted by molar-refractivity contribution is -0.315. The van der Waals surface area contributed by atoms with Gasteiger partial charge in [-0.15, -0.1) is 6.42 Å². The molecule has 1 saturated heterocycles. The number of benzene rings is 1. The molecule has 1 aliphatic heterocycles. The van der Waals surface area contributed by atoms with Crippen molar-refractivity contribution in [1.82, 2.24) is 10.6 Å². The molecule has 1 aromatic carbocycles. The zero-order chi connectivity index (χ0) is 41.0. The number of amides is 2. The van der Waals surface area contributed by atoms with Crippen molar-refractivity contribution in [2.75, 3.05) is 60.4 Å². The Kier molecular flexibility index (Phi) is 19.6. The molecule has 1 aliphatic rings. The van der Waals surface area contributed by atoms with Crippen molar-refractivity contribution in [2.24, 2.45) is 0 Å². The number of methoxy groups -OCH3 is 2. The van der Waals surface area contributed by atoms with E-state index in [-0.39, 0.29) is 39.5 Å². The van der Waals surface area contributed by atoms with E-state index in [2.05, 4.69) is 16.6 Å². The molecule has 0 radical (unpaired) electrons. The van der Waals surface area contributed by atoms with Gasteiger partial charge in [0.05, 0.1) is 66.1 Å². The Bertz CT molecular complexity index is 1510. The van der Waals surface area contributed by atoms with Gasteiger partial charge in [-0.3, -0.25) is 28.8 Å². The van der Waals surface area contributed by atoms with Crippen molar-refractivity contribution in [3.05, 3.63) is 29.8 Å². The number of hydrogen-bond acceptors (Lipinski definition) is 17. The molecule has 0 unspecified atom stereocenters. The lowest BCUT2D eigenvalue weighted by Gasteiger charge is -2.48. The fraction of sp³-hybridized carbons (Fsp3) is 0.583. The summed E-state index contributed by atoms with van der Waals surface area (Å²) in [6.45, 7) is 2.83. The van der Waals surface area contributed by atoms with Gasteiger partial charge in [0.1, 0.15) is 24.6 Å². The van der Waals surface area contributed by atoms with Crippen LogP contribution in [0.2, 0.25) is 0 Å². The number of hydrogen-bond donors (Lipinski definition) is 2. The van der Waals surface area contributed by atoms with Crippen LogP contribution in [0, 0.1) is 12.3 Å². The highest BCUT2D eigenvalue weighted by Gasteiger charge is 2.59. The van der Waals surface area contributed by atoms with Gasteiger partial charge in [0, 0.05) is 27.7 Å². The molecule has 2 rings (SSSR count). The van der Waals surface area contributed by atoms with Crippen LogP contribution < -0.4 is 15.4 Å². The summed E-state index contributed by atoms with van der Waals surface area (Å²) < 4.78 is 54.6. The molecule has 1 aromatic rings. The van der Waals surface area contributed by atoms with Gasteiger partial charge in [0.25, 0.3) is 11.7 Å². The molecule has 1 heterocycles. The van der Waals surface area contributed by atoms with E-state index < -0.39 is 97.5 Å². The van der Waals surface area contributed by atoms with Gasteiger partial charge in [0.15, 0.2) is 18.8 Å². The minimum Gasteiger partial charge on any atom is -0.497 e. The van der Waals surface area contributed by atoms with E-state index in [4.69, 9.17) is 53.8 Å². The molecular formula is C36H48N2O17. The molecule has 2 amide bonds. The van der Waals surface area contributed by atoms with Crippen LogP contribution in [0.1, 0.15) is 39.7 Å². The molecule has 0 spiro atoms. The van der Waals surface area contributed by atoms with Crippen LogP contribution in [0.5, 0.6) is 5.75 Å². The first-order chi connectivity index (χ1) is 26.1. The number of nitrogens with one attached hydrogen (secondary N) is 2. The van der Waals surface area contributed by atoms with Gasteiger partial charge in [-0.05, 0) is 17.7 Å². The lowest BCUT2D eigenvalue weighted by Crippen LogP contribution is -2.70. The maximum Gasteiger partial charge on any atom is 0.366 e. The molecule has 0 bridgehead atoms.